The van der Waals surface area contributed by atoms with E-state index >= 15 is 0 Å². The Morgan fingerprint density at radius 1 is 1.12 bits per heavy atom. The molecular formula is C13H13NO2S. The van der Waals surface area contributed by atoms with Gasteiger partial charge in [0.2, 0.25) is 5.91 Å². The molecule has 0 heterocycles. The second-order valence-electron chi connectivity index (χ2n) is 3.77. The van der Waals surface area contributed by atoms with Crippen molar-refractivity contribution in [1.82, 2.24) is 0 Å². The number of primary amides is 1. The Kier molecular flexibility index (Phi) is 3.54. The molecule has 0 radical (unpaired) electrons. The highest BCUT2D eigenvalue weighted by atomic mass is 32.2. The number of carbonyl (C=O) groups is 1. The molecule has 1 unspecified atom stereocenters. The van der Waals surface area contributed by atoms with E-state index in [1.165, 1.54) is 0 Å². The zero-order chi connectivity index (χ0) is 12.3. The molecule has 2 rings (SSSR count). The largest absolute Gasteiger partial charge is 0.370 e. The molecule has 3 nitrogen and oxygen atoms in total. The number of amides is 1. The summed E-state index contributed by atoms with van der Waals surface area (Å²) < 4.78 is 11.9. The third kappa shape index (κ3) is 2.91. The summed E-state index contributed by atoms with van der Waals surface area (Å²) in [5, 5.41) is 2.17. The maximum atomic E-state index is 11.9. The van der Waals surface area contributed by atoms with Crippen LogP contribution in [0.1, 0.15) is 6.42 Å². The minimum absolute atomic E-state index is 0.152. The highest BCUT2D eigenvalue weighted by Crippen LogP contribution is 2.18. The zero-order valence-electron chi connectivity index (χ0n) is 9.26. The van der Waals surface area contributed by atoms with Gasteiger partial charge >= 0.3 is 0 Å². The molecule has 0 saturated carbocycles. The molecule has 1 amide bonds. The van der Waals surface area contributed by atoms with Crippen molar-refractivity contribution in [2.45, 2.75) is 11.3 Å². The molecular weight excluding hydrogens is 234 g/mol. The Bertz CT molecular complexity index is 580. The van der Waals surface area contributed by atoms with Crippen LogP contribution in [0.4, 0.5) is 0 Å². The number of carbonyl (C=O) groups excluding carboxylic acids is 1. The molecule has 2 N–H and O–H groups in total. The van der Waals surface area contributed by atoms with Crippen molar-refractivity contribution < 1.29 is 9.00 Å². The Morgan fingerprint density at radius 3 is 2.53 bits per heavy atom. The lowest BCUT2D eigenvalue weighted by Gasteiger charge is -2.03. The molecule has 4 heteroatoms. The van der Waals surface area contributed by atoms with Crippen LogP contribution >= 0.6 is 0 Å². The van der Waals surface area contributed by atoms with Gasteiger partial charge in [0, 0.05) is 17.1 Å². The molecule has 0 aliphatic heterocycles. The van der Waals surface area contributed by atoms with Crippen LogP contribution in [-0.2, 0) is 15.6 Å². The smallest absolute Gasteiger partial charge is 0.218 e. The maximum Gasteiger partial charge on any atom is 0.218 e. The van der Waals surface area contributed by atoms with Crippen molar-refractivity contribution in [3.63, 3.8) is 0 Å². The van der Waals surface area contributed by atoms with Crippen LogP contribution in [0, 0.1) is 0 Å². The first kappa shape index (κ1) is 11.8. The van der Waals surface area contributed by atoms with Crippen LogP contribution in [0.25, 0.3) is 10.8 Å². The molecule has 17 heavy (non-hydrogen) atoms. The molecule has 0 fully saturated rings. The van der Waals surface area contributed by atoms with Crippen molar-refractivity contribution in [3.8, 4) is 0 Å². The fraction of sp³-hybridized carbons (Fsp3) is 0.154. The molecule has 2 aromatic carbocycles. The van der Waals surface area contributed by atoms with E-state index in [0.717, 1.165) is 15.7 Å². The van der Waals surface area contributed by atoms with Crippen LogP contribution in [-0.4, -0.2) is 15.9 Å². The minimum atomic E-state index is -1.16. The number of rotatable bonds is 4. The molecule has 0 spiro atoms. The second-order valence-corrected chi connectivity index (χ2v) is 5.35. The van der Waals surface area contributed by atoms with Crippen molar-refractivity contribution in [3.05, 3.63) is 42.5 Å². The van der Waals surface area contributed by atoms with Gasteiger partial charge in [0.05, 0.1) is 10.8 Å². The first-order chi connectivity index (χ1) is 8.16. The van der Waals surface area contributed by atoms with Crippen LogP contribution in [0.5, 0.6) is 0 Å². The molecule has 0 saturated heterocycles. The number of fused-ring (bicyclic) bond motifs is 1. The van der Waals surface area contributed by atoms with E-state index in [0.29, 0.717) is 0 Å². The van der Waals surface area contributed by atoms with Gasteiger partial charge in [0.15, 0.2) is 0 Å². The summed E-state index contributed by atoms with van der Waals surface area (Å²) in [5.41, 5.74) is 5.04. The number of benzene rings is 2. The van der Waals surface area contributed by atoms with Gasteiger partial charge in [0.1, 0.15) is 0 Å². The number of hydrogen-bond donors (Lipinski definition) is 1. The molecule has 0 aromatic heterocycles. The Morgan fingerprint density at radius 2 is 1.82 bits per heavy atom. The van der Waals surface area contributed by atoms with Crippen LogP contribution in [0.3, 0.4) is 0 Å². The van der Waals surface area contributed by atoms with Gasteiger partial charge in [-0.05, 0) is 22.9 Å². The number of nitrogens with two attached hydrogens (primary N) is 1. The summed E-state index contributed by atoms with van der Waals surface area (Å²) in [6.07, 6.45) is 0.152. The monoisotopic (exact) mass is 247 g/mol. The third-order valence-electron chi connectivity index (χ3n) is 2.52. The van der Waals surface area contributed by atoms with Gasteiger partial charge in [-0.15, -0.1) is 0 Å². The van der Waals surface area contributed by atoms with Crippen LogP contribution in [0.15, 0.2) is 47.4 Å². The molecule has 0 bridgehead atoms. The second kappa shape index (κ2) is 5.10. The third-order valence-corrected chi connectivity index (χ3v) is 3.87. The van der Waals surface area contributed by atoms with E-state index in [4.69, 9.17) is 5.73 Å². The highest BCUT2D eigenvalue weighted by molar-refractivity contribution is 7.85. The van der Waals surface area contributed by atoms with Gasteiger partial charge in [-0.25, -0.2) is 0 Å². The van der Waals surface area contributed by atoms with Crippen molar-refractivity contribution >= 4 is 27.5 Å². The SMILES string of the molecule is NC(=O)CCS(=O)c1ccc2ccccc2c1. The van der Waals surface area contributed by atoms with Crippen molar-refractivity contribution in [2.24, 2.45) is 5.73 Å². The first-order valence-electron chi connectivity index (χ1n) is 5.32. The van der Waals surface area contributed by atoms with Gasteiger partial charge in [-0.3, -0.25) is 9.00 Å². The first-order valence-corrected chi connectivity index (χ1v) is 6.64. The van der Waals surface area contributed by atoms with Crippen molar-refractivity contribution in [1.29, 1.82) is 0 Å². The average Bonchev–Trinajstić information content (AvgIpc) is 2.35. The topological polar surface area (TPSA) is 60.2 Å². The van der Waals surface area contributed by atoms with Gasteiger partial charge < -0.3 is 5.73 Å². The van der Waals surface area contributed by atoms with Crippen molar-refractivity contribution in [2.75, 3.05) is 5.75 Å². The Hall–Kier alpha value is -1.68. The van der Waals surface area contributed by atoms with Gasteiger partial charge in [-0.2, -0.15) is 0 Å². The maximum absolute atomic E-state index is 11.9. The van der Waals surface area contributed by atoms with Crippen LogP contribution < -0.4 is 5.73 Å². The quantitative estimate of drug-likeness (QED) is 0.896. The predicted molar refractivity (Wildman–Crippen MR) is 69.0 cm³/mol. The van der Waals surface area contributed by atoms with E-state index in [1.54, 1.807) is 0 Å². The van der Waals surface area contributed by atoms with E-state index in [-0.39, 0.29) is 12.2 Å². The summed E-state index contributed by atoms with van der Waals surface area (Å²) in [7, 11) is -1.16. The highest BCUT2D eigenvalue weighted by Gasteiger charge is 2.06. The molecule has 2 aromatic rings. The summed E-state index contributed by atoms with van der Waals surface area (Å²) in [5.74, 6) is -0.132. The van der Waals surface area contributed by atoms with E-state index in [1.807, 2.05) is 42.5 Å². The van der Waals surface area contributed by atoms with E-state index in [9.17, 15) is 9.00 Å². The van der Waals surface area contributed by atoms with Gasteiger partial charge in [-0.1, -0.05) is 30.3 Å². The standard InChI is InChI=1S/C13H13NO2S/c14-13(15)7-8-17(16)12-6-5-10-3-1-2-4-11(10)9-12/h1-6,9H,7-8H2,(H2,14,15). The summed E-state index contributed by atoms with van der Waals surface area (Å²) >= 11 is 0. The summed E-state index contributed by atoms with van der Waals surface area (Å²) in [6, 6.07) is 13.6. The lowest BCUT2D eigenvalue weighted by Crippen LogP contribution is -2.14. The Labute approximate surface area is 102 Å². The Balaban J connectivity index is 2.24. The molecule has 88 valence electrons. The van der Waals surface area contributed by atoms with E-state index < -0.39 is 16.7 Å². The fourth-order valence-electron chi connectivity index (χ4n) is 1.62. The normalized spacial score (nSPS) is 12.5. The minimum Gasteiger partial charge on any atom is -0.370 e. The molecule has 1 atom stereocenters. The van der Waals surface area contributed by atoms with E-state index in [2.05, 4.69) is 0 Å². The molecule has 0 aliphatic rings. The van der Waals surface area contributed by atoms with Gasteiger partial charge in [0.25, 0.3) is 0 Å². The van der Waals surface area contributed by atoms with Crippen LogP contribution in [0.2, 0.25) is 0 Å². The number of hydrogen-bond acceptors (Lipinski definition) is 2. The lowest BCUT2D eigenvalue weighted by molar-refractivity contribution is -0.117. The molecule has 0 aliphatic carbocycles. The lowest BCUT2D eigenvalue weighted by atomic mass is 10.1. The summed E-state index contributed by atoms with van der Waals surface area (Å²) in [6.45, 7) is 0. The predicted octanol–water partition coefficient (Wildman–Crippen LogP) is 1.82. The summed E-state index contributed by atoms with van der Waals surface area (Å²) in [4.78, 5) is 11.4. The average molecular weight is 247 g/mol. The zero-order valence-corrected chi connectivity index (χ0v) is 10.1. The fourth-order valence-corrected chi connectivity index (χ4v) is 2.72.